The molecule has 1 aromatic carbocycles. The third kappa shape index (κ3) is 3.65. The van der Waals surface area contributed by atoms with Crippen LogP contribution in [0, 0.1) is 11.8 Å². The van der Waals surface area contributed by atoms with Crippen molar-refractivity contribution in [1.82, 2.24) is 10.2 Å². The second-order valence-corrected chi connectivity index (χ2v) is 6.44. The number of amides is 1. The van der Waals surface area contributed by atoms with E-state index >= 15 is 0 Å². The van der Waals surface area contributed by atoms with Crippen LogP contribution in [0.15, 0.2) is 30.3 Å². The number of piperidine rings is 1. The first kappa shape index (κ1) is 14.6. The first-order valence-electron chi connectivity index (χ1n) is 8.38. The van der Waals surface area contributed by atoms with Crippen molar-refractivity contribution in [3.8, 4) is 0 Å². The lowest BCUT2D eigenvalue weighted by Gasteiger charge is -2.32. The van der Waals surface area contributed by atoms with Crippen LogP contribution in [-0.4, -0.2) is 30.4 Å². The van der Waals surface area contributed by atoms with Gasteiger partial charge in [-0.2, -0.15) is 0 Å². The molecule has 2 aliphatic rings. The largest absolute Gasteiger partial charge is 0.338 e. The molecule has 1 atom stereocenters. The van der Waals surface area contributed by atoms with Gasteiger partial charge < -0.3 is 10.2 Å². The van der Waals surface area contributed by atoms with E-state index in [1.807, 2.05) is 6.07 Å². The summed E-state index contributed by atoms with van der Waals surface area (Å²) in [7, 11) is 0. The lowest BCUT2D eigenvalue weighted by molar-refractivity contribution is -0.137. The van der Waals surface area contributed by atoms with Gasteiger partial charge in [-0.15, -0.1) is 0 Å². The van der Waals surface area contributed by atoms with Crippen LogP contribution in [0.25, 0.3) is 0 Å². The molecule has 2 heterocycles. The molecule has 2 fully saturated rings. The molecular weight excluding hydrogens is 260 g/mol. The van der Waals surface area contributed by atoms with Gasteiger partial charge in [-0.3, -0.25) is 4.79 Å². The van der Waals surface area contributed by atoms with E-state index in [-0.39, 0.29) is 5.92 Å². The molecule has 3 heteroatoms. The van der Waals surface area contributed by atoms with E-state index in [0.717, 1.165) is 51.9 Å². The van der Waals surface area contributed by atoms with Crippen molar-refractivity contribution in [2.75, 3.05) is 19.6 Å². The van der Waals surface area contributed by atoms with Gasteiger partial charge in [-0.05, 0) is 50.3 Å². The molecule has 1 amide bonds. The maximum Gasteiger partial charge on any atom is 0.226 e. The quantitative estimate of drug-likeness (QED) is 0.926. The second-order valence-electron chi connectivity index (χ2n) is 6.44. The van der Waals surface area contributed by atoms with Crippen LogP contribution < -0.4 is 5.32 Å². The van der Waals surface area contributed by atoms with Gasteiger partial charge in [0.1, 0.15) is 0 Å². The molecule has 0 aromatic heterocycles. The summed E-state index contributed by atoms with van der Waals surface area (Å²) in [5.41, 5.74) is 1.25. The molecule has 3 rings (SSSR count). The number of hydrogen-bond donors (Lipinski definition) is 1. The summed E-state index contributed by atoms with van der Waals surface area (Å²) in [6.07, 6.45) is 5.77. The van der Waals surface area contributed by atoms with Crippen LogP contribution in [0.1, 0.15) is 37.7 Å². The molecule has 2 saturated heterocycles. The van der Waals surface area contributed by atoms with E-state index in [1.165, 1.54) is 12.0 Å². The number of nitrogens with one attached hydrogen (secondary N) is 1. The Kier molecular flexibility index (Phi) is 4.91. The number of likely N-dealkylation sites (tertiary alicyclic amines) is 1. The lowest BCUT2D eigenvalue weighted by atomic mass is 9.81. The molecule has 0 radical (unpaired) electrons. The van der Waals surface area contributed by atoms with Crippen LogP contribution >= 0.6 is 0 Å². The molecular formula is C18H26N2O. The van der Waals surface area contributed by atoms with E-state index in [4.69, 9.17) is 0 Å². The van der Waals surface area contributed by atoms with Crippen LogP contribution in [0.2, 0.25) is 0 Å². The number of hydrogen-bond acceptors (Lipinski definition) is 2. The third-order valence-electron chi connectivity index (χ3n) is 4.99. The highest BCUT2D eigenvalue weighted by atomic mass is 16.2. The fourth-order valence-corrected chi connectivity index (χ4v) is 3.78. The first-order chi connectivity index (χ1) is 10.3. The van der Waals surface area contributed by atoms with E-state index in [0.29, 0.717) is 11.8 Å². The van der Waals surface area contributed by atoms with Crippen molar-refractivity contribution in [2.24, 2.45) is 11.8 Å². The Morgan fingerprint density at radius 3 is 2.57 bits per heavy atom. The molecule has 1 N–H and O–H groups in total. The predicted octanol–water partition coefficient (Wildman–Crippen LogP) is 2.81. The van der Waals surface area contributed by atoms with Crippen molar-refractivity contribution in [3.63, 3.8) is 0 Å². The van der Waals surface area contributed by atoms with E-state index in [2.05, 4.69) is 34.5 Å². The highest BCUT2D eigenvalue weighted by Gasteiger charge is 2.33. The number of rotatable bonds is 3. The summed E-state index contributed by atoms with van der Waals surface area (Å²) in [4.78, 5) is 15.1. The minimum atomic E-state index is 0.262. The van der Waals surface area contributed by atoms with Gasteiger partial charge in [0, 0.05) is 19.0 Å². The van der Waals surface area contributed by atoms with Gasteiger partial charge >= 0.3 is 0 Å². The van der Waals surface area contributed by atoms with Gasteiger partial charge in [0.15, 0.2) is 0 Å². The monoisotopic (exact) mass is 286 g/mol. The molecule has 0 saturated carbocycles. The number of nitrogens with zero attached hydrogens (tertiary/aromatic N) is 1. The summed E-state index contributed by atoms with van der Waals surface area (Å²) in [5, 5.41) is 3.41. The first-order valence-corrected chi connectivity index (χ1v) is 8.38. The zero-order valence-corrected chi connectivity index (χ0v) is 12.8. The number of carbonyl (C=O) groups excluding carboxylic acids is 1. The summed E-state index contributed by atoms with van der Waals surface area (Å²) in [5.74, 6) is 1.26. The van der Waals surface area contributed by atoms with Gasteiger partial charge in [0.25, 0.3) is 0 Å². The van der Waals surface area contributed by atoms with E-state index < -0.39 is 0 Å². The molecule has 1 unspecified atom stereocenters. The Morgan fingerprint density at radius 1 is 1.05 bits per heavy atom. The topological polar surface area (TPSA) is 32.3 Å². The smallest absolute Gasteiger partial charge is 0.226 e. The van der Waals surface area contributed by atoms with Crippen molar-refractivity contribution in [1.29, 1.82) is 0 Å². The highest BCUT2D eigenvalue weighted by Crippen LogP contribution is 2.31. The van der Waals surface area contributed by atoms with Crippen LogP contribution in [-0.2, 0) is 11.3 Å². The average Bonchev–Trinajstić information content (AvgIpc) is 2.72. The fourth-order valence-electron chi connectivity index (χ4n) is 3.78. The molecule has 3 nitrogen and oxygen atoms in total. The molecule has 0 aliphatic carbocycles. The van der Waals surface area contributed by atoms with Crippen LogP contribution in [0.5, 0.6) is 0 Å². The summed E-state index contributed by atoms with van der Waals surface area (Å²) < 4.78 is 0. The zero-order chi connectivity index (χ0) is 14.5. The summed E-state index contributed by atoms with van der Waals surface area (Å²) >= 11 is 0. The summed E-state index contributed by atoms with van der Waals surface area (Å²) in [6.45, 7) is 3.86. The van der Waals surface area contributed by atoms with E-state index in [9.17, 15) is 4.79 Å². The van der Waals surface area contributed by atoms with E-state index in [1.54, 1.807) is 0 Å². The van der Waals surface area contributed by atoms with Gasteiger partial charge in [-0.1, -0.05) is 36.8 Å². The van der Waals surface area contributed by atoms with Crippen molar-refractivity contribution in [3.05, 3.63) is 35.9 Å². The highest BCUT2D eigenvalue weighted by molar-refractivity contribution is 5.79. The maximum atomic E-state index is 13.0. The Hall–Kier alpha value is -1.35. The van der Waals surface area contributed by atoms with Crippen molar-refractivity contribution >= 4 is 5.91 Å². The SMILES string of the molecule is O=C1C(C2CCNCC2)CCCCN1Cc1ccccc1. The zero-order valence-electron chi connectivity index (χ0n) is 12.8. The Balaban J connectivity index is 1.69. The molecule has 2 aliphatic heterocycles. The molecule has 0 spiro atoms. The minimum absolute atomic E-state index is 0.262. The van der Waals surface area contributed by atoms with Crippen LogP contribution in [0.4, 0.5) is 0 Å². The molecule has 0 bridgehead atoms. The molecule has 1 aromatic rings. The predicted molar refractivity (Wildman–Crippen MR) is 84.8 cm³/mol. The van der Waals surface area contributed by atoms with Crippen LogP contribution in [0.3, 0.4) is 0 Å². The minimum Gasteiger partial charge on any atom is -0.338 e. The molecule has 114 valence electrons. The fraction of sp³-hybridized carbons (Fsp3) is 0.611. The Labute approximate surface area is 127 Å². The average molecular weight is 286 g/mol. The summed E-state index contributed by atoms with van der Waals surface area (Å²) in [6, 6.07) is 10.4. The van der Waals surface area contributed by atoms with Gasteiger partial charge in [0.05, 0.1) is 0 Å². The van der Waals surface area contributed by atoms with Gasteiger partial charge in [0.2, 0.25) is 5.91 Å². The maximum absolute atomic E-state index is 13.0. The number of carbonyl (C=O) groups is 1. The molecule has 21 heavy (non-hydrogen) atoms. The lowest BCUT2D eigenvalue weighted by Crippen LogP contribution is -2.40. The van der Waals surface area contributed by atoms with Crippen molar-refractivity contribution in [2.45, 2.75) is 38.6 Å². The Bertz CT molecular complexity index is 454. The Morgan fingerprint density at radius 2 is 1.81 bits per heavy atom. The standard InChI is InChI=1S/C18H26N2O/c21-18-17(16-9-11-19-12-10-16)8-4-5-13-20(18)14-15-6-2-1-3-7-15/h1-3,6-7,16-17,19H,4-5,8-14H2. The second kappa shape index (κ2) is 7.08. The third-order valence-corrected chi connectivity index (χ3v) is 4.99. The van der Waals surface area contributed by atoms with Gasteiger partial charge in [-0.25, -0.2) is 0 Å². The van der Waals surface area contributed by atoms with Crippen molar-refractivity contribution < 1.29 is 4.79 Å². The number of benzene rings is 1. The normalized spacial score (nSPS) is 24.9.